The van der Waals surface area contributed by atoms with Crippen LogP contribution >= 0.6 is 0 Å². The number of carbonyl (C=O) groups is 2. The van der Waals surface area contributed by atoms with Crippen molar-refractivity contribution in [2.24, 2.45) is 5.92 Å². The van der Waals surface area contributed by atoms with E-state index in [9.17, 15) is 9.59 Å². The summed E-state index contributed by atoms with van der Waals surface area (Å²) in [7, 11) is 0. The van der Waals surface area contributed by atoms with Crippen molar-refractivity contribution in [2.45, 2.75) is 78.2 Å². The Hall–Kier alpha value is -2.56. The lowest BCUT2D eigenvalue weighted by Gasteiger charge is -2.25. The van der Waals surface area contributed by atoms with E-state index in [4.69, 9.17) is 0 Å². The number of rotatable bonds is 7. The number of aromatic nitrogens is 1. The molecule has 4 rings (SSSR count). The van der Waals surface area contributed by atoms with Gasteiger partial charge in [-0.2, -0.15) is 0 Å². The Bertz CT molecular complexity index is 954. The van der Waals surface area contributed by atoms with E-state index in [0.29, 0.717) is 12.3 Å². The van der Waals surface area contributed by atoms with E-state index in [2.05, 4.69) is 47.2 Å². The van der Waals surface area contributed by atoms with Crippen molar-refractivity contribution in [3.8, 4) is 11.3 Å². The van der Waals surface area contributed by atoms with Gasteiger partial charge in [0.25, 0.3) is 5.91 Å². The van der Waals surface area contributed by atoms with E-state index in [-0.39, 0.29) is 11.8 Å². The fourth-order valence-corrected chi connectivity index (χ4v) is 4.99. The first-order valence-corrected chi connectivity index (χ1v) is 12.0. The van der Waals surface area contributed by atoms with Crippen LogP contribution in [0.1, 0.15) is 79.9 Å². The van der Waals surface area contributed by atoms with Gasteiger partial charge in [0, 0.05) is 36.6 Å². The molecule has 0 bridgehead atoms. The average Bonchev–Trinajstić information content (AvgIpc) is 3.10. The topological polar surface area (TPSA) is 63.1 Å². The standard InChI is InChI=1S/C26H35N3O2/c1-3-4-14-27-26(31)22-16-24(29(18(22)2)17-19-8-6-5-7-9-19)21-10-12-23-20(15-21)11-13-25(30)28-23/h10,12,15-16,19H,3-9,11,13-14,17H2,1-2H3,(H,27,31)(H,28,30). The lowest BCUT2D eigenvalue weighted by molar-refractivity contribution is -0.116. The summed E-state index contributed by atoms with van der Waals surface area (Å²) < 4.78 is 2.37. The molecule has 5 nitrogen and oxygen atoms in total. The number of hydrogen-bond acceptors (Lipinski definition) is 2. The summed E-state index contributed by atoms with van der Waals surface area (Å²) in [5.41, 5.74) is 6.17. The Kier molecular flexibility index (Phi) is 6.79. The first kappa shape index (κ1) is 21.7. The van der Waals surface area contributed by atoms with Gasteiger partial charge in [0.15, 0.2) is 0 Å². The van der Waals surface area contributed by atoms with Gasteiger partial charge in [0.1, 0.15) is 0 Å². The monoisotopic (exact) mass is 421 g/mol. The maximum atomic E-state index is 12.9. The Labute approximate surface area is 185 Å². The van der Waals surface area contributed by atoms with Gasteiger partial charge < -0.3 is 15.2 Å². The molecule has 1 aromatic carbocycles. The van der Waals surface area contributed by atoms with Crippen molar-refractivity contribution in [2.75, 3.05) is 11.9 Å². The number of anilines is 1. The van der Waals surface area contributed by atoms with Gasteiger partial charge in [0.2, 0.25) is 5.91 Å². The predicted octanol–water partition coefficient (Wildman–Crippen LogP) is 5.46. The lowest BCUT2D eigenvalue weighted by atomic mass is 9.89. The molecule has 31 heavy (non-hydrogen) atoms. The minimum atomic E-state index is 0.0276. The Morgan fingerprint density at radius 2 is 1.97 bits per heavy atom. The molecule has 0 saturated heterocycles. The minimum absolute atomic E-state index is 0.0276. The van der Waals surface area contributed by atoms with E-state index in [0.717, 1.165) is 60.6 Å². The van der Waals surface area contributed by atoms with Gasteiger partial charge in [-0.3, -0.25) is 9.59 Å². The summed E-state index contributed by atoms with van der Waals surface area (Å²) in [5, 5.41) is 6.06. The average molecular weight is 422 g/mol. The number of nitrogens with one attached hydrogen (secondary N) is 2. The van der Waals surface area contributed by atoms with Crippen LogP contribution in [0.2, 0.25) is 0 Å². The molecule has 2 aliphatic rings. The van der Waals surface area contributed by atoms with Crippen LogP contribution in [-0.2, 0) is 17.8 Å². The largest absolute Gasteiger partial charge is 0.352 e. The number of benzene rings is 1. The first-order chi connectivity index (χ1) is 15.1. The van der Waals surface area contributed by atoms with Gasteiger partial charge in [-0.1, -0.05) is 38.7 Å². The smallest absolute Gasteiger partial charge is 0.253 e. The van der Waals surface area contributed by atoms with Gasteiger partial charge in [0.05, 0.1) is 5.56 Å². The normalized spacial score (nSPS) is 16.6. The van der Waals surface area contributed by atoms with Gasteiger partial charge in [-0.15, -0.1) is 0 Å². The van der Waals surface area contributed by atoms with Crippen LogP contribution in [0.15, 0.2) is 24.3 Å². The SMILES string of the molecule is CCCCNC(=O)c1cc(-c2ccc3c(c2)CCC(=O)N3)n(CC2CCCCC2)c1C. The number of amides is 2. The second kappa shape index (κ2) is 9.71. The molecule has 2 N–H and O–H groups in total. The third kappa shape index (κ3) is 4.86. The molecule has 2 heterocycles. The van der Waals surface area contributed by atoms with E-state index in [1.807, 2.05) is 6.07 Å². The van der Waals surface area contributed by atoms with Crippen LogP contribution in [0, 0.1) is 12.8 Å². The zero-order valence-corrected chi connectivity index (χ0v) is 18.9. The molecular formula is C26H35N3O2. The highest BCUT2D eigenvalue weighted by molar-refractivity contribution is 5.97. The highest BCUT2D eigenvalue weighted by Crippen LogP contribution is 2.34. The quantitative estimate of drug-likeness (QED) is 0.583. The van der Waals surface area contributed by atoms with E-state index < -0.39 is 0 Å². The summed E-state index contributed by atoms with van der Waals surface area (Å²) in [6, 6.07) is 8.35. The number of unbranched alkanes of at least 4 members (excludes halogenated alkanes) is 1. The molecule has 5 heteroatoms. The number of hydrogen-bond donors (Lipinski definition) is 2. The van der Waals surface area contributed by atoms with Gasteiger partial charge >= 0.3 is 0 Å². The summed E-state index contributed by atoms with van der Waals surface area (Å²) in [6.45, 7) is 5.90. The second-order valence-corrected chi connectivity index (χ2v) is 9.17. The van der Waals surface area contributed by atoms with Crippen molar-refractivity contribution in [3.63, 3.8) is 0 Å². The second-order valence-electron chi connectivity index (χ2n) is 9.17. The molecule has 1 fully saturated rings. The summed E-state index contributed by atoms with van der Waals surface area (Å²) in [5.74, 6) is 0.786. The van der Waals surface area contributed by atoms with Crippen LogP contribution in [0.25, 0.3) is 11.3 Å². The molecule has 1 aliphatic heterocycles. The summed E-state index contributed by atoms with van der Waals surface area (Å²) in [4.78, 5) is 24.7. The van der Waals surface area contributed by atoms with Crippen LogP contribution in [0.4, 0.5) is 5.69 Å². The molecule has 0 radical (unpaired) electrons. The van der Waals surface area contributed by atoms with Gasteiger partial charge in [-0.25, -0.2) is 0 Å². The molecule has 1 saturated carbocycles. The molecule has 0 unspecified atom stereocenters. The third-order valence-electron chi connectivity index (χ3n) is 6.89. The molecule has 0 atom stereocenters. The fourth-order valence-electron chi connectivity index (χ4n) is 4.99. The van der Waals surface area contributed by atoms with E-state index in [1.54, 1.807) is 0 Å². The van der Waals surface area contributed by atoms with Crippen LogP contribution in [-0.4, -0.2) is 22.9 Å². The fraction of sp³-hybridized carbons (Fsp3) is 0.538. The first-order valence-electron chi connectivity index (χ1n) is 12.0. The Morgan fingerprint density at radius 3 is 2.74 bits per heavy atom. The molecule has 166 valence electrons. The Morgan fingerprint density at radius 1 is 1.16 bits per heavy atom. The lowest BCUT2D eigenvalue weighted by Crippen LogP contribution is -2.25. The maximum Gasteiger partial charge on any atom is 0.253 e. The maximum absolute atomic E-state index is 12.9. The van der Waals surface area contributed by atoms with E-state index >= 15 is 0 Å². The van der Waals surface area contributed by atoms with Gasteiger partial charge in [-0.05, 0) is 67.9 Å². The van der Waals surface area contributed by atoms with Crippen molar-refractivity contribution >= 4 is 17.5 Å². The number of aryl methyl sites for hydroxylation is 1. The predicted molar refractivity (Wildman–Crippen MR) is 125 cm³/mol. The number of fused-ring (bicyclic) bond motifs is 1. The van der Waals surface area contributed by atoms with E-state index in [1.165, 1.54) is 37.7 Å². The minimum Gasteiger partial charge on any atom is -0.352 e. The molecule has 0 spiro atoms. The Balaban J connectivity index is 1.68. The van der Waals surface area contributed by atoms with Crippen LogP contribution < -0.4 is 10.6 Å². The molecule has 2 amide bonds. The van der Waals surface area contributed by atoms with Crippen molar-refractivity contribution in [3.05, 3.63) is 41.1 Å². The molecular weight excluding hydrogens is 386 g/mol. The van der Waals surface area contributed by atoms with Crippen molar-refractivity contribution in [1.29, 1.82) is 0 Å². The van der Waals surface area contributed by atoms with Crippen LogP contribution in [0.5, 0.6) is 0 Å². The van der Waals surface area contributed by atoms with Crippen molar-refractivity contribution < 1.29 is 9.59 Å². The molecule has 1 aromatic heterocycles. The van der Waals surface area contributed by atoms with Crippen LogP contribution in [0.3, 0.4) is 0 Å². The highest BCUT2D eigenvalue weighted by atomic mass is 16.2. The summed E-state index contributed by atoms with van der Waals surface area (Å²) in [6.07, 6.45) is 9.86. The highest BCUT2D eigenvalue weighted by Gasteiger charge is 2.23. The zero-order chi connectivity index (χ0) is 21.8. The number of carbonyl (C=O) groups excluding carboxylic acids is 2. The summed E-state index contributed by atoms with van der Waals surface area (Å²) >= 11 is 0. The molecule has 2 aromatic rings. The number of nitrogens with zero attached hydrogens (tertiary/aromatic N) is 1. The van der Waals surface area contributed by atoms with Crippen molar-refractivity contribution in [1.82, 2.24) is 9.88 Å². The molecule has 1 aliphatic carbocycles. The third-order valence-corrected chi connectivity index (χ3v) is 6.89. The zero-order valence-electron chi connectivity index (χ0n) is 18.9.